The second kappa shape index (κ2) is 9.74. The molecule has 2 amide bonds. The summed E-state index contributed by atoms with van der Waals surface area (Å²) in [6.45, 7) is 2.10. The molecule has 0 aliphatic carbocycles. The highest BCUT2D eigenvalue weighted by Crippen LogP contribution is 2.33. The molecule has 1 unspecified atom stereocenters. The highest BCUT2D eigenvalue weighted by molar-refractivity contribution is 6.34. The fourth-order valence-electron chi connectivity index (χ4n) is 4.03. The number of anilines is 1. The maximum atomic E-state index is 13.1. The molecule has 9 nitrogen and oxygen atoms in total. The van der Waals surface area contributed by atoms with Gasteiger partial charge in [0.25, 0.3) is 11.8 Å². The minimum Gasteiger partial charge on any atom is -0.467 e. The maximum Gasteiger partial charge on any atom is 0.262 e. The van der Waals surface area contributed by atoms with Crippen molar-refractivity contribution in [3.05, 3.63) is 77.1 Å². The van der Waals surface area contributed by atoms with Crippen molar-refractivity contribution in [3.8, 4) is 0 Å². The standard InChI is InChI=1S/C24H23ClN4O5/c25-18-13-16(5-6-17(18)24(31)28-7-11-32-12-8-28)26-15-23(30)29-20(22-4-2-10-34-22)14-19(27-29)21-3-1-9-33-21/h1-6,9-10,13,20,26H,7-8,11-12,14-15H2. The second-order valence-corrected chi connectivity index (χ2v) is 8.36. The SMILES string of the molecule is O=C(c1ccc(NCC(=O)N2N=C(c3ccco3)CC2c2ccco2)cc1Cl)N1CCOCC1. The Labute approximate surface area is 200 Å². The lowest BCUT2D eigenvalue weighted by atomic mass is 10.1. The molecule has 0 radical (unpaired) electrons. The predicted octanol–water partition coefficient (Wildman–Crippen LogP) is 3.79. The normalized spacial score (nSPS) is 18.1. The van der Waals surface area contributed by atoms with E-state index in [-0.39, 0.29) is 24.4 Å². The quantitative estimate of drug-likeness (QED) is 0.573. The van der Waals surface area contributed by atoms with Gasteiger partial charge in [-0.15, -0.1) is 0 Å². The number of carbonyl (C=O) groups excluding carboxylic acids is 2. The number of carbonyl (C=O) groups is 2. The van der Waals surface area contributed by atoms with Gasteiger partial charge in [0.05, 0.1) is 42.9 Å². The van der Waals surface area contributed by atoms with E-state index in [0.717, 1.165) is 0 Å². The number of morpholine rings is 1. The molecule has 2 aliphatic heterocycles. The average molecular weight is 483 g/mol. The van der Waals surface area contributed by atoms with Gasteiger partial charge < -0.3 is 23.8 Å². The van der Waals surface area contributed by atoms with Gasteiger partial charge in [-0.2, -0.15) is 5.10 Å². The number of nitrogens with zero attached hydrogens (tertiary/aromatic N) is 3. The number of hydrogen-bond acceptors (Lipinski definition) is 7. The van der Waals surface area contributed by atoms with E-state index >= 15 is 0 Å². The van der Waals surface area contributed by atoms with Crippen LogP contribution in [0.25, 0.3) is 0 Å². The zero-order chi connectivity index (χ0) is 23.5. The van der Waals surface area contributed by atoms with Crippen molar-refractivity contribution in [1.29, 1.82) is 0 Å². The first-order chi connectivity index (χ1) is 16.6. The maximum absolute atomic E-state index is 13.1. The number of benzene rings is 1. The molecule has 1 fully saturated rings. The molecule has 3 aromatic rings. The predicted molar refractivity (Wildman–Crippen MR) is 125 cm³/mol. The van der Waals surface area contributed by atoms with Crippen molar-refractivity contribution in [1.82, 2.24) is 9.91 Å². The zero-order valence-corrected chi connectivity index (χ0v) is 19.0. The van der Waals surface area contributed by atoms with E-state index in [1.165, 1.54) is 5.01 Å². The summed E-state index contributed by atoms with van der Waals surface area (Å²) in [4.78, 5) is 27.5. The van der Waals surface area contributed by atoms with Crippen LogP contribution in [0, 0.1) is 0 Å². The third-order valence-electron chi connectivity index (χ3n) is 5.78. The largest absolute Gasteiger partial charge is 0.467 e. The van der Waals surface area contributed by atoms with Crippen LogP contribution in [0.15, 0.2) is 68.9 Å². The first-order valence-electron chi connectivity index (χ1n) is 11.0. The summed E-state index contributed by atoms with van der Waals surface area (Å²) in [7, 11) is 0. The minimum absolute atomic E-state index is 0.0147. The molecule has 2 aliphatic rings. The van der Waals surface area contributed by atoms with Crippen LogP contribution in [-0.2, 0) is 9.53 Å². The number of rotatable bonds is 6. The Bertz CT molecular complexity index is 1190. The fourth-order valence-corrected chi connectivity index (χ4v) is 4.29. The summed E-state index contributed by atoms with van der Waals surface area (Å²) >= 11 is 6.39. The van der Waals surface area contributed by atoms with Gasteiger partial charge in [-0.05, 0) is 42.5 Å². The molecule has 0 bridgehead atoms. The van der Waals surface area contributed by atoms with Crippen LogP contribution in [-0.4, -0.2) is 60.3 Å². The molecule has 10 heteroatoms. The third kappa shape index (κ3) is 4.57. The molecule has 4 heterocycles. The van der Waals surface area contributed by atoms with Gasteiger partial charge in [0.1, 0.15) is 23.3 Å². The van der Waals surface area contributed by atoms with E-state index in [1.807, 2.05) is 12.1 Å². The Hall–Kier alpha value is -3.56. The van der Waals surface area contributed by atoms with Crippen molar-refractivity contribution in [2.45, 2.75) is 12.5 Å². The summed E-state index contributed by atoms with van der Waals surface area (Å²) in [6, 6.07) is 11.9. The van der Waals surface area contributed by atoms with Crippen LogP contribution in [0.3, 0.4) is 0 Å². The third-order valence-corrected chi connectivity index (χ3v) is 6.10. The van der Waals surface area contributed by atoms with Crippen molar-refractivity contribution < 1.29 is 23.2 Å². The fraction of sp³-hybridized carbons (Fsp3) is 0.292. The molecule has 1 saturated heterocycles. The van der Waals surface area contributed by atoms with Gasteiger partial charge in [0.2, 0.25) is 0 Å². The lowest BCUT2D eigenvalue weighted by Gasteiger charge is -2.27. The van der Waals surface area contributed by atoms with E-state index in [1.54, 1.807) is 47.8 Å². The van der Waals surface area contributed by atoms with Gasteiger partial charge >= 0.3 is 0 Å². The second-order valence-electron chi connectivity index (χ2n) is 7.95. The number of furan rings is 2. The summed E-state index contributed by atoms with van der Waals surface area (Å²) in [5, 5.41) is 9.33. The molecule has 176 valence electrons. The minimum atomic E-state index is -0.360. The Balaban J connectivity index is 1.27. The Kier molecular flexibility index (Phi) is 6.37. The summed E-state index contributed by atoms with van der Waals surface area (Å²) < 4.78 is 16.3. The van der Waals surface area contributed by atoms with Gasteiger partial charge in [-0.3, -0.25) is 9.59 Å². The van der Waals surface area contributed by atoms with Crippen molar-refractivity contribution in [2.75, 3.05) is 38.2 Å². The van der Waals surface area contributed by atoms with Crippen LogP contribution < -0.4 is 5.32 Å². The van der Waals surface area contributed by atoms with E-state index < -0.39 is 0 Å². The van der Waals surface area contributed by atoms with Crippen molar-refractivity contribution in [2.24, 2.45) is 5.10 Å². The van der Waals surface area contributed by atoms with Crippen LogP contribution >= 0.6 is 11.6 Å². The Morgan fingerprint density at radius 3 is 2.59 bits per heavy atom. The number of amides is 2. The van der Waals surface area contributed by atoms with E-state index in [2.05, 4.69) is 10.4 Å². The number of halogens is 1. The Morgan fingerprint density at radius 1 is 1.09 bits per heavy atom. The van der Waals surface area contributed by atoms with Crippen LogP contribution in [0.5, 0.6) is 0 Å². The average Bonchev–Trinajstić information content (AvgIpc) is 3.63. The van der Waals surface area contributed by atoms with Crippen molar-refractivity contribution >= 4 is 34.8 Å². The summed E-state index contributed by atoms with van der Waals surface area (Å²) in [6.07, 6.45) is 3.63. The highest BCUT2D eigenvalue weighted by Gasteiger charge is 2.35. The Morgan fingerprint density at radius 2 is 1.88 bits per heavy atom. The summed E-state index contributed by atoms with van der Waals surface area (Å²) in [5.41, 5.74) is 1.72. The molecular formula is C24H23ClN4O5. The number of hydrogen-bond donors (Lipinski definition) is 1. The molecule has 0 spiro atoms. The van der Waals surface area contributed by atoms with Gasteiger partial charge in [-0.1, -0.05) is 11.6 Å². The molecule has 1 aromatic carbocycles. The molecule has 1 N–H and O–H groups in total. The first kappa shape index (κ1) is 22.2. The van der Waals surface area contributed by atoms with E-state index in [9.17, 15) is 9.59 Å². The summed E-state index contributed by atoms with van der Waals surface area (Å²) in [5.74, 6) is 0.890. The number of hydrazone groups is 1. The molecule has 34 heavy (non-hydrogen) atoms. The molecule has 5 rings (SSSR count). The van der Waals surface area contributed by atoms with Crippen LogP contribution in [0.1, 0.15) is 34.3 Å². The van der Waals surface area contributed by atoms with Crippen LogP contribution in [0.4, 0.5) is 5.69 Å². The zero-order valence-electron chi connectivity index (χ0n) is 18.3. The molecule has 0 saturated carbocycles. The lowest BCUT2D eigenvalue weighted by Crippen LogP contribution is -2.40. The molecular weight excluding hydrogens is 460 g/mol. The lowest BCUT2D eigenvalue weighted by molar-refractivity contribution is -0.131. The number of ether oxygens (including phenoxy) is 1. The smallest absolute Gasteiger partial charge is 0.262 e. The monoisotopic (exact) mass is 482 g/mol. The van der Waals surface area contributed by atoms with E-state index in [4.69, 9.17) is 25.2 Å². The molecule has 2 aromatic heterocycles. The van der Waals surface area contributed by atoms with E-state index in [0.29, 0.717) is 66.2 Å². The van der Waals surface area contributed by atoms with Gasteiger partial charge in [0.15, 0.2) is 0 Å². The topological polar surface area (TPSA) is 101 Å². The van der Waals surface area contributed by atoms with Gasteiger partial charge in [-0.25, -0.2) is 5.01 Å². The highest BCUT2D eigenvalue weighted by atomic mass is 35.5. The molecule has 1 atom stereocenters. The number of nitrogens with one attached hydrogen (secondary N) is 1. The van der Waals surface area contributed by atoms with Crippen molar-refractivity contribution in [3.63, 3.8) is 0 Å². The first-order valence-corrected chi connectivity index (χ1v) is 11.3. The van der Waals surface area contributed by atoms with Crippen LogP contribution in [0.2, 0.25) is 5.02 Å². The van der Waals surface area contributed by atoms with Gasteiger partial charge in [0, 0.05) is 25.2 Å².